The van der Waals surface area contributed by atoms with Crippen LogP contribution in [0.4, 0.5) is 0 Å². The normalized spacial score (nSPS) is 19.9. The van der Waals surface area contributed by atoms with Crippen molar-refractivity contribution in [2.75, 3.05) is 19.3 Å². The highest BCUT2D eigenvalue weighted by atomic mass is 32.2. The first kappa shape index (κ1) is 13.0. The molecule has 1 saturated carbocycles. The van der Waals surface area contributed by atoms with Gasteiger partial charge in [0.2, 0.25) is 0 Å². The highest BCUT2D eigenvalue weighted by Gasteiger charge is 2.46. The molecule has 3 N–H and O–H groups in total. The number of hydrogen-bond acceptors (Lipinski definition) is 3. The van der Waals surface area contributed by atoms with E-state index in [0.717, 1.165) is 6.42 Å². The van der Waals surface area contributed by atoms with E-state index in [4.69, 9.17) is 5.73 Å². The summed E-state index contributed by atoms with van der Waals surface area (Å²) in [6.45, 7) is 4.32. The van der Waals surface area contributed by atoms with Crippen molar-refractivity contribution < 1.29 is 8.42 Å². The molecule has 0 radical (unpaired) electrons. The van der Waals surface area contributed by atoms with Crippen molar-refractivity contribution in [3.05, 3.63) is 12.7 Å². The molecular weight excluding hydrogens is 226 g/mol. The summed E-state index contributed by atoms with van der Waals surface area (Å²) in [4.78, 5) is 4.08. The molecular formula is C10H19N3O2S. The summed E-state index contributed by atoms with van der Waals surface area (Å²) < 4.78 is 22.6. The first-order chi connectivity index (χ1) is 7.41. The summed E-state index contributed by atoms with van der Waals surface area (Å²) in [5.74, 6) is 0.273. The maximum Gasteiger partial charge on any atom is 0.188 e. The molecule has 0 bridgehead atoms. The topological polar surface area (TPSA) is 84.5 Å². The van der Waals surface area contributed by atoms with Gasteiger partial charge < -0.3 is 11.1 Å². The Balaban J connectivity index is 2.62. The van der Waals surface area contributed by atoms with Gasteiger partial charge in [-0.3, -0.25) is 4.99 Å². The number of nitrogens with two attached hydrogens (primary N) is 1. The van der Waals surface area contributed by atoms with Crippen molar-refractivity contribution in [3.8, 4) is 0 Å². The van der Waals surface area contributed by atoms with E-state index in [1.54, 1.807) is 6.08 Å². The van der Waals surface area contributed by atoms with Gasteiger partial charge in [0.15, 0.2) is 15.8 Å². The van der Waals surface area contributed by atoms with Gasteiger partial charge in [0, 0.05) is 12.8 Å². The SMILES string of the molecule is C=CCNC(N)=NCC1(S(C)(=O)=O)CCC1. The molecule has 92 valence electrons. The Morgan fingerprint density at radius 2 is 2.25 bits per heavy atom. The molecule has 0 aromatic carbocycles. The van der Waals surface area contributed by atoms with Gasteiger partial charge in [-0.05, 0) is 12.8 Å². The number of nitrogens with one attached hydrogen (secondary N) is 1. The van der Waals surface area contributed by atoms with Crippen molar-refractivity contribution in [1.82, 2.24) is 5.32 Å². The predicted molar refractivity (Wildman–Crippen MR) is 66.1 cm³/mol. The lowest BCUT2D eigenvalue weighted by Gasteiger charge is -2.38. The van der Waals surface area contributed by atoms with E-state index in [1.807, 2.05) is 0 Å². The van der Waals surface area contributed by atoms with Crippen LogP contribution in [0.15, 0.2) is 17.6 Å². The van der Waals surface area contributed by atoms with Gasteiger partial charge in [-0.15, -0.1) is 6.58 Å². The van der Waals surface area contributed by atoms with Crippen LogP contribution >= 0.6 is 0 Å². The zero-order valence-corrected chi connectivity index (χ0v) is 10.4. The summed E-state index contributed by atoms with van der Waals surface area (Å²) in [6.07, 6.45) is 5.25. The number of aliphatic imine (C=N–C) groups is 1. The Morgan fingerprint density at radius 1 is 1.62 bits per heavy atom. The molecule has 0 unspecified atom stereocenters. The van der Waals surface area contributed by atoms with Crippen LogP contribution in [0.1, 0.15) is 19.3 Å². The van der Waals surface area contributed by atoms with E-state index < -0.39 is 14.6 Å². The van der Waals surface area contributed by atoms with Crippen LogP contribution in [0, 0.1) is 0 Å². The number of nitrogens with zero attached hydrogens (tertiary/aromatic N) is 1. The minimum Gasteiger partial charge on any atom is -0.370 e. The van der Waals surface area contributed by atoms with Gasteiger partial charge >= 0.3 is 0 Å². The van der Waals surface area contributed by atoms with Crippen LogP contribution in [0.2, 0.25) is 0 Å². The van der Waals surface area contributed by atoms with E-state index in [0.29, 0.717) is 19.4 Å². The quantitative estimate of drug-likeness (QED) is 0.407. The molecule has 0 saturated heterocycles. The lowest BCUT2D eigenvalue weighted by atomic mass is 9.84. The average Bonchev–Trinajstić information content (AvgIpc) is 2.10. The molecule has 1 aliphatic rings. The van der Waals surface area contributed by atoms with E-state index in [9.17, 15) is 8.42 Å². The van der Waals surface area contributed by atoms with Gasteiger partial charge in [0.1, 0.15) is 0 Å². The largest absolute Gasteiger partial charge is 0.370 e. The Morgan fingerprint density at radius 3 is 2.62 bits per heavy atom. The number of hydrogen-bond donors (Lipinski definition) is 2. The Labute approximate surface area is 96.7 Å². The van der Waals surface area contributed by atoms with Crippen LogP contribution in [0.5, 0.6) is 0 Å². The van der Waals surface area contributed by atoms with Crippen LogP contribution in [0.25, 0.3) is 0 Å². The summed E-state index contributed by atoms with van der Waals surface area (Å²) in [5, 5.41) is 2.82. The van der Waals surface area contributed by atoms with Crippen molar-refractivity contribution in [3.63, 3.8) is 0 Å². The maximum atomic E-state index is 11.6. The predicted octanol–water partition coefficient (Wildman–Crippen LogP) is 0.0440. The minimum absolute atomic E-state index is 0.252. The molecule has 5 nitrogen and oxygen atoms in total. The van der Waals surface area contributed by atoms with E-state index in [2.05, 4.69) is 16.9 Å². The highest BCUT2D eigenvalue weighted by Crippen LogP contribution is 2.39. The Kier molecular flexibility index (Phi) is 3.96. The Bertz CT molecular complexity index is 383. The molecule has 1 fully saturated rings. The van der Waals surface area contributed by atoms with E-state index in [-0.39, 0.29) is 12.5 Å². The molecule has 1 aliphatic carbocycles. The smallest absolute Gasteiger partial charge is 0.188 e. The van der Waals surface area contributed by atoms with Crippen molar-refractivity contribution >= 4 is 15.8 Å². The van der Waals surface area contributed by atoms with Gasteiger partial charge in [-0.1, -0.05) is 12.5 Å². The molecule has 1 rings (SSSR count). The molecule has 0 spiro atoms. The third-order valence-electron chi connectivity index (χ3n) is 3.02. The maximum absolute atomic E-state index is 11.6. The fourth-order valence-electron chi connectivity index (χ4n) is 1.68. The Hall–Kier alpha value is -1.04. The van der Waals surface area contributed by atoms with E-state index >= 15 is 0 Å². The summed E-state index contributed by atoms with van der Waals surface area (Å²) in [7, 11) is -3.05. The molecule has 0 amide bonds. The molecule has 0 aromatic rings. The van der Waals surface area contributed by atoms with Gasteiger partial charge in [-0.2, -0.15) is 0 Å². The van der Waals surface area contributed by atoms with Gasteiger partial charge in [-0.25, -0.2) is 8.42 Å². The van der Waals surface area contributed by atoms with Gasteiger partial charge in [0.25, 0.3) is 0 Å². The van der Waals surface area contributed by atoms with Crippen molar-refractivity contribution in [2.24, 2.45) is 10.7 Å². The van der Waals surface area contributed by atoms with Crippen LogP contribution < -0.4 is 11.1 Å². The molecule has 16 heavy (non-hydrogen) atoms. The van der Waals surface area contributed by atoms with Crippen LogP contribution in [0.3, 0.4) is 0 Å². The van der Waals surface area contributed by atoms with Crippen molar-refractivity contribution in [1.29, 1.82) is 0 Å². The fraction of sp³-hybridized carbons (Fsp3) is 0.700. The zero-order chi connectivity index (χ0) is 12.2. The number of sulfone groups is 1. The van der Waals surface area contributed by atoms with Crippen LogP contribution in [-0.4, -0.2) is 38.5 Å². The summed E-state index contributed by atoms with van der Waals surface area (Å²) in [6, 6.07) is 0. The number of guanidine groups is 1. The second-order valence-corrected chi connectivity index (χ2v) is 6.59. The second-order valence-electron chi connectivity index (χ2n) is 4.18. The minimum atomic E-state index is -3.05. The molecule has 0 aromatic heterocycles. The monoisotopic (exact) mass is 245 g/mol. The first-order valence-corrected chi connectivity index (χ1v) is 7.15. The molecule has 0 atom stereocenters. The van der Waals surface area contributed by atoms with Gasteiger partial charge in [0.05, 0.1) is 11.3 Å². The number of rotatable bonds is 5. The lowest BCUT2D eigenvalue weighted by molar-refractivity contribution is 0.346. The summed E-state index contributed by atoms with van der Waals surface area (Å²) >= 11 is 0. The lowest BCUT2D eigenvalue weighted by Crippen LogP contribution is -2.48. The standard InChI is InChI=1S/C10H19N3O2S/c1-3-7-12-9(11)13-8-10(5-4-6-10)16(2,14)15/h3H,1,4-8H2,2H3,(H3,11,12,13). The fourth-order valence-corrected chi connectivity index (χ4v) is 3.01. The zero-order valence-electron chi connectivity index (χ0n) is 9.57. The first-order valence-electron chi connectivity index (χ1n) is 5.25. The molecule has 0 aliphatic heterocycles. The third-order valence-corrected chi connectivity index (χ3v) is 5.13. The summed E-state index contributed by atoms with van der Waals surface area (Å²) in [5.41, 5.74) is 5.59. The molecule has 6 heteroatoms. The van der Waals surface area contributed by atoms with Crippen LogP contribution in [-0.2, 0) is 9.84 Å². The average molecular weight is 245 g/mol. The highest BCUT2D eigenvalue weighted by molar-refractivity contribution is 7.92. The van der Waals surface area contributed by atoms with E-state index in [1.165, 1.54) is 6.26 Å². The second kappa shape index (κ2) is 4.86. The van der Waals surface area contributed by atoms with Crippen molar-refractivity contribution in [2.45, 2.75) is 24.0 Å². The third kappa shape index (κ3) is 2.75. The molecule has 0 heterocycles.